The lowest BCUT2D eigenvalue weighted by molar-refractivity contribution is -0.140. The molecule has 6 rings (SSSR count). The molecule has 2 aromatic rings. The lowest BCUT2D eigenvalue weighted by atomic mass is 9.95. The zero-order valence-electron chi connectivity index (χ0n) is 21.0. The van der Waals surface area contributed by atoms with Crippen LogP contribution in [0.25, 0.3) is 0 Å². The highest BCUT2D eigenvalue weighted by Crippen LogP contribution is 2.37. The molecule has 4 aliphatic rings. The van der Waals surface area contributed by atoms with Crippen molar-refractivity contribution in [2.45, 2.75) is 32.2 Å². The molecule has 9 nitrogen and oxygen atoms in total. The molecule has 4 heterocycles. The Bertz CT molecular complexity index is 1240. The summed E-state index contributed by atoms with van der Waals surface area (Å²) in [6, 6.07) is 11.0. The second-order valence-electron chi connectivity index (χ2n) is 10.2. The largest absolute Gasteiger partial charge is 0.376 e. The van der Waals surface area contributed by atoms with E-state index in [1.807, 2.05) is 24.3 Å². The number of fused-ring (bicyclic) bond motifs is 2. The van der Waals surface area contributed by atoms with E-state index in [4.69, 9.17) is 14.2 Å². The zero-order chi connectivity index (χ0) is 25.5. The Kier molecular flexibility index (Phi) is 6.44. The summed E-state index contributed by atoms with van der Waals surface area (Å²) in [4.78, 5) is 45.4. The van der Waals surface area contributed by atoms with Crippen LogP contribution in [0.2, 0.25) is 0 Å². The number of hydrogen-bond acceptors (Lipinski definition) is 7. The number of nitrogens with zero attached hydrogens (tertiary/aromatic N) is 3. The van der Waals surface area contributed by atoms with Crippen molar-refractivity contribution in [2.75, 3.05) is 56.3 Å². The van der Waals surface area contributed by atoms with Gasteiger partial charge in [-0.3, -0.25) is 14.4 Å². The van der Waals surface area contributed by atoms with E-state index in [9.17, 15) is 14.4 Å². The molecule has 0 unspecified atom stereocenters. The van der Waals surface area contributed by atoms with Crippen molar-refractivity contribution < 1.29 is 28.6 Å². The van der Waals surface area contributed by atoms with Crippen molar-refractivity contribution in [1.29, 1.82) is 0 Å². The maximum Gasteiger partial charge on any atom is 0.268 e. The van der Waals surface area contributed by atoms with Gasteiger partial charge >= 0.3 is 0 Å². The molecule has 0 saturated carbocycles. The van der Waals surface area contributed by atoms with Gasteiger partial charge in [0.15, 0.2) is 0 Å². The number of anilines is 2. The maximum absolute atomic E-state index is 13.7. The van der Waals surface area contributed by atoms with Crippen LogP contribution >= 0.6 is 0 Å². The fourth-order valence-electron chi connectivity index (χ4n) is 5.81. The highest BCUT2D eigenvalue weighted by Gasteiger charge is 2.41. The normalized spacial score (nSPS) is 23.3. The van der Waals surface area contributed by atoms with Gasteiger partial charge in [-0.15, -0.1) is 0 Å². The van der Waals surface area contributed by atoms with Crippen molar-refractivity contribution in [1.82, 2.24) is 4.90 Å². The average Bonchev–Trinajstić information content (AvgIpc) is 3.50. The monoisotopic (exact) mass is 505 g/mol. The van der Waals surface area contributed by atoms with Crippen LogP contribution < -0.4 is 9.80 Å². The predicted octanol–water partition coefficient (Wildman–Crippen LogP) is 2.61. The van der Waals surface area contributed by atoms with Crippen LogP contribution in [-0.4, -0.2) is 75.2 Å². The number of hydrogen-bond donors (Lipinski definition) is 0. The van der Waals surface area contributed by atoms with Gasteiger partial charge in [0.1, 0.15) is 0 Å². The minimum atomic E-state index is -0.325. The smallest absolute Gasteiger partial charge is 0.268 e. The van der Waals surface area contributed by atoms with E-state index in [0.717, 1.165) is 30.5 Å². The quantitative estimate of drug-likeness (QED) is 0.577. The van der Waals surface area contributed by atoms with Crippen molar-refractivity contribution in [3.05, 3.63) is 58.7 Å². The molecule has 0 bridgehead atoms. The summed E-state index contributed by atoms with van der Waals surface area (Å²) in [7, 11) is 1.81. The Morgan fingerprint density at radius 3 is 2.76 bits per heavy atom. The molecule has 0 radical (unpaired) electrons. The SMILES string of the molecule is CN(C[C@@H]1COCCO1)C(=O)[C@@H]1CCCN(c2cccc3c2C(=O)N(c2ccc4c(c2)COC4)C3=O)C1. The molecule has 0 aliphatic carbocycles. The summed E-state index contributed by atoms with van der Waals surface area (Å²) in [6.07, 6.45) is 1.50. The fraction of sp³-hybridized carbons (Fsp3) is 0.464. The Balaban J connectivity index is 1.21. The van der Waals surface area contributed by atoms with Crippen LogP contribution in [0.5, 0.6) is 0 Å². The molecule has 37 heavy (non-hydrogen) atoms. The second-order valence-corrected chi connectivity index (χ2v) is 10.2. The minimum absolute atomic E-state index is 0.0656. The van der Waals surface area contributed by atoms with Crippen LogP contribution in [-0.2, 0) is 32.2 Å². The topological polar surface area (TPSA) is 88.6 Å². The van der Waals surface area contributed by atoms with Crippen LogP contribution in [0, 0.1) is 5.92 Å². The summed E-state index contributed by atoms with van der Waals surface area (Å²) in [6.45, 7) is 4.37. The van der Waals surface area contributed by atoms with E-state index in [0.29, 0.717) is 68.6 Å². The Morgan fingerprint density at radius 1 is 1.05 bits per heavy atom. The Hall–Kier alpha value is -3.27. The fourth-order valence-corrected chi connectivity index (χ4v) is 5.81. The molecule has 0 spiro atoms. The summed E-state index contributed by atoms with van der Waals surface area (Å²) >= 11 is 0. The number of imide groups is 1. The number of likely N-dealkylation sites (N-methyl/N-ethyl adjacent to an activating group) is 1. The standard InChI is InChI=1S/C28H31N3O6/c1-29(14-22-17-35-10-11-37-22)26(32)18-4-3-9-30(13-18)24-6-2-5-23-25(24)28(34)31(27(23)33)21-8-7-19-15-36-16-20(19)12-21/h2,5-8,12,18,22H,3-4,9-11,13-17H2,1H3/t18-,22-/m1/s1. The summed E-state index contributed by atoms with van der Waals surface area (Å²) < 4.78 is 16.7. The van der Waals surface area contributed by atoms with Gasteiger partial charge in [-0.05, 0) is 48.2 Å². The number of carbonyl (C=O) groups excluding carboxylic acids is 3. The van der Waals surface area contributed by atoms with Gasteiger partial charge in [-0.1, -0.05) is 12.1 Å². The molecule has 0 N–H and O–H groups in total. The van der Waals surface area contributed by atoms with Crippen molar-refractivity contribution >= 4 is 29.1 Å². The zero-order valence-corrected chi connectivity index (χ0v) is 21.0. The molecule has 2 aromatic carbocycles. The second kappa shape index (κ2) is 9.89. The van der Waals surface area contributed by atoms with Crippen molar-refractivity contribution in [3.8, 4) is 0 Å². The van der Waals surface area contributed by atoms with E-state index in [1.165, 1.54) is 4.90 Å². The number of carbonyl (C=O) groups is 3. The van der Waals surface area contributed by atoms with Crippen LogP contribution in [0.15, 0.2) is 36.4 Å². The molecule has 2 fully saturated rings. The molecule has 3 amide bonds. The number of piperidine rings is 1. The van der Waals surface area contributed by atoms with Crippen LogP contribution in [0.4, 0.5) is 11.4 Å². The van der Waals surface area contributed by atoms with Crippen molar-refractivity contribution in [2.24, 2.45) is 5.92 Å². The molecule has 2 atom stereocenters. The van der Waals surface area contributed by atoms with E-state index in [1.54, 1.807) is 24.1 Å². The molecular formula is C28H31N3O6. The van der Waals surface area contributed by atoms with Crippen LogP contribution in [0.3, 0.4) is 0 Å². The third-order valence-corrected chi connectivity index (χ3v) is 7.71. The number of benzene rings is 2. The number of amides is 3. The van der Waals surface area contributed by atoms with E-state index in [2.05, 4.69) is 4.90 Å². The van der Waals surface area contributed by atoms with Crippen molar-refractivity contribution in [3.63, 3.8) is 0 Å². The highest BCUT2D eigenvalue weighted by atomic mass is 16.6. The lowest BCUT2D eigenvalue weighted by Gasteiger charge is -2.37. The van der Waals surface area contributed by atoms with E-state index >= 15 is 0 Å². The minimum Gasteiger partial charge on any atom is -0.376 e. The first kappa shape index (κ1) is 24.1. The van der Waals surface area contributed by atoms with Crippen LogP contribution in [0.1, 0.15) is 44.7 Å². The van der Waals surface area contributed by atoms with Gasteiger partial charge in [0.25, 0.3) is 11.8 Å². The van der Waals surface area contributed by atoms with Gasteiger partial charge in [-0.25, -0.2) is 4.90 Å². The van der Waals surface area contributed by atoms with Gasteiger partial charge in [0, 0.05) is 26.7 Å². The Morgan fingerprint density at radius 2 is 1.92 bits per heavy atom. The highest BCUT2D eigenvalue weighted by molar-refractivity contribution is 6.36. The van der Waals surface area contributed by atoms with Gasteiger partial charge in [0.2, 0.25) is 5.91 Å². The third kappa shape index (κ3) is 4.41. The van der Waals surface area contributed by atoms with E-state index < -0.39 is 0 Å². The predicted molar refractivity (Wildman–Crippen MR) is 136 cm³/mol. The van der Waals surface area contributed by atoms with E-state index in [-0.39, 0.29) is 29.7 Å². The van der Waals surface area contributed by atoms with Gasteiger partial charge in [0.05, 0.1) is 67.6 Å². The molecule has 4 aliphatic heterocycles. The molecular weight excluding hydrogens is 474 g/mol. The first-order valence-corrected chi connectivity index (χ1v) is 12.9. The molecule has 9 heteroatoms. The summed E-state index contributed by atoms with van der Waals surface area (Å²) in [5, 5.41) is 0. The van der Waals surface area contributed by atoms with Gasteiger partial charge in [-0.2, -0.15) is 0 Å². The van der Waals surface area contributed by atoms with Gasteiger partial charge < -0.3 is 24.0 Å². The third-order valence-electron chi connectivity index (χ3n) is 7.71. The molecule has 194 valence electrons. The Labute approximate surface area is 215 Å². The number of rotatable bonds is 5. The lowest BCUT2D eigenvalue weighted by Crippen LogP contribution is -2.47. The molecule has 2 saturated heterocycles. The summed E-state index contributed by atoms with van der Waals surface area (Å²) in [5.41, 5.74) is 4.17. The summed E-state index contributed by atoms with van der Waals surface area (Å²) in [5.74, 6) is -0.774. The first-order valence-electron chi connectivity index (χ1n) is 12.9. The first-order chi connectivity index (χ1) is 18.0. The average molecular weight is 506 g/mol. The molecule has 0 aromatic heterocycles. The number of ether oxygens (including phenoxy) is 3. The maximum atomic E-state index is 13.7.